The van der Waals surface area contributed by atoms with E-state index in [0.29, 0.717) is 21.6 Å². The third-order valence-corrected chi connectivity index (χ3v) is 3.98. The molecule has 122 valence electrons. The number of fused-ring (bicyclic) bond motifs is 1. The molecule has 0 saturated carbocycles. The number of benzene rings is 2. The van der Waals surface area contributed by atoms with Gasteiger partial charge in [-0.15, -0.1) is 0 Å². The van der Waals surface area contributed by atoms with Gasteiger partial charge in [-0.3, -0.25) is 14.2 Å². The van der Waals surface area contributed by atoms with Crippen LogP contribution in [0.1, 0.15) is 12.5 Å². The van der Waals surface area contributed by atoms with Gasteiger partial charge < -0.3 is 5.32 Å². The number of aromatic nitrogens is 2. The van der Waals surface area contributed by atoms with Crippen LogP contribution in [-0.4, -0.2) is 15.5 Å². The number of hydrogen-bond acceptors (Lipinski definition) is 3. The Hall–Kier alpha value is -2.66. The van der Waals surface area contributed by atoms with Crippen molar-refractivity contribution in [2.75, 3.05) is 5.32 Å². The number of aryl methyl sites for hydroxylation is 1. The summed E-state index contributed by atoms with van der Waals surface area (Å²) in [7, 11) is 0. The van der Waals surface area contributed by atoms with Crippen LogP contribution >= 0.6 is 11.6 Å². The summed E-state index contributed by atoms with van der Waals surface area (Å²) in [6.07, 6.45) is 2.31. The standard InChI is InChI=1S/C18H16ClN3O2/c1-2-12-3-6-14(7-4-12)21-17(23)10-22-11-20-16-8-5-13(19)9-15(16)18(22)24/h3-9,11H,2,10H2,1H3,(H,21,23). The molecule has 0 saturated heterocycles. The van der Waals surface area contributed by atoms with E-state index in [1.165, 1.54) is 16.5 Å². The summed E-state index contributed by atoms with van der Waals surface area (Å²) in [4.78, 5) is 28.8. The highest BCUT2D eigenvalue weighted by molar-refractivity contribution is 6.31. The normalized spacial score (nSPS) is 10.8. The quantitative estimate of drug-likeness (QED) is 0.792. The van der Waals surface area contributed by atoms with E-state index in [9.17, 15) is 9.59 Å². The third-order valence-electron chi connectivity index (χ3n) is 3.75. The Morgan fingerprint density at radius 3 is 2.67 bits per heavy atom. The second-order valence-electron chi connectivity index (χ2n) is 5.44. The van der Waals surface area contributed by atoms with Gasteiger partial charge in [-0.2, -0.15) is 0 Å². The molecule has 0 fully saturated rings. The van der Waals surface area contributed by atoms with Gasteiger partial charge in [-0.05, 0) is 42.3 Å². The van der Waals surface area contributed by atoms with E-state index in [4.69, 9.17) is 11.6 Å². The van der Waals surface area contributed by atoms with Crippen LogP contribution in [0.15, 0.2) is 53.6 Å². The highest BCUT2D eigenvalue weighted by Crippen LogP contribution is 2.14. The molecule has 0 radical (unpaired) electrons. The summed E-state index contributed by atoms with van der Waals surface area (Å²) < 4.78 is 1.27. The van der Waals surface area contributed by atoms with E-state index in [0.717, 1.165) is 6.42 Å². The molecule has 1 aromatic heterocycles. The zero-order valence-electron chi connectivity index (χ0n) is 13.1. The lowest BCUT2D eigenvalue weighted by molar-refractivity contribution is -0.116. The Morgan fingerprint density at radius 2 is 1.96 bits per heavy atom. The van der Waals surface area contributed by atoms with Crippen LogP contribution in [0.2, 0.25) is 5.02 Å². The van der Waals surface area contributed by atoms with E-state index in [1.54, 1.807) is 18.2 Å². The van der Waals surface area contributed by atoms with Gasteiger partial charge in [-0.25, -0.2) is 4.98 Å². The summed E-state index contributed by atoms with van der Waals surface area (Å²) in [6, 6.07) is 12.5. The molecule has 3 aromatic rings. The Bertz CT molecular complexity index is 949. The summed E-state index contributed by atoms with van der Waals surface area (Å²) in [5.41, 5.74) is 2.15. The van der Waals surface area contributed by atoms with Crippen LogP contribution in [-0.2, 0) is 17.8 Å². The highest BCUT2D eigenvalue weighted by atomic mass is 35.5. The van der Waals surface area contributed by atoms with E-state index < -0.39 is 0 Å². The predicted octanol–water partition coefficient (Wildman–Crippen LogP) is 3.25. The minimum absolute atomic E-state index is 0.107. The largest absolute Gasteiger partial charge is 0.325 e. The van der Waals surface area contributed by atoms with Crippen LogP contribution in [0, 0.1) is 0 Å². The third kappa shape index (κ3) is 3.46. The topological polar surface area (TPSA) is 64.0 Å². The molecule has 3 rings (SSSR count). The van der Waals surface area contributed by atoms with E-state index in [-0.39, 0.29) is 18.0 Å². The monoisotopic (exact) mass is 341 g/mol. The minimum Gasteiger partial charge on any atom is -0.325 e. The van der Waals surface area contributed by atoms with Crippen molar-refractivity contribution >= 4 is 34.1 Å². The Kier molecular flexibility index (Phi) is 4.62. The average molecular weight is 342 g/mol. The Labute approximate surface area is 143 Å². The number of amides is 1. The van der Waals surface area contributed by atoms with Crippen molar-refractivity contribution in [1.82, 2.24) is 9.55 Å². The van der Waals surface area contributed by atoms with Crippen molar-refractivity contribution in [3.63, 3.8) is 0 Å². The van der Waals surface area contributed by atoms with E-state index in [1.807, 2.05) is 24.3 Å². The van der Waals surface area contributed by atoms with Crippen LogP contribution < -0.4 is 10.9 Å². The number of halogens is 1. The van der Waals surface area contributed by atoms with Gasteiger partial charge in [0.05, 0.1) is 17.2 Å². The lowest BCUT2D eigenvalue weighted by Crippen LogP contribution is -2.27. The molecule has 0 bridgehead atoms. The first-order chi connectivity index (χ1) is 11.6. The van der Waals surface area contributed by atoms with Crippen molar-refractivity contribution in [3.8, 4) is 0 Å². The van der Waals surface area contributed by atoms with Crippen molar-refractivity contribution < 1.29 is 4.79 Å². The fraction of sp³-hybridized carbons (Fsp3) is 0.167. The van der Waals surface area contributed by atoms with Gasteiger partial charge in [-0.1, -0.05) is 30.7 Å². The van der Waals surface area contributed by atoms with Crippen molar-refractivity contribution in [3.05, 3.63) is 69.7 Å². The van der Waals surface area contributed by atoms with Gasteiger partial charge >= 0.3 is 0 Å². The van der Waals surface area contributed by atoms with E-state index >= 15 is 0 Å². The summed E-state index contributed by atoms with van der Waals surface area (Å²) in [5.74, 6) is -0.287. The zero-order valence-corrected chi connectivity index (χ0v) is 13.9. The molecule has 24 heavy (non-hydrogen) atoms. The predicted molar refractivity (Wildman–Crippen MR) is 95.5 cm³/mol. The lowest BCUT2D eigenvalue weighted by Gasteiger charge is -2.08. The smallest absolute Gasteiger partial charge is 0.261 e. The summed E-state index contributed by atoms with van der Waals surface area (Å²) in [5, 5.41) is 3.63. The van der Waals surface area contributed by atoms with Gasteiger partial charge in [0.15, 0.2) is 0 Å². The molecule has 0 unspecified atom stereocenters. The maximum Gasteiger partial charge on any atom is 0.261 e. The minimum atomic E-state index is -0.293. The van der Waals surface area contributed by atoms with Crippen LogP contribution in [0.5, 0.6) is 0 Å². The number of hydrogen-bond donors (Lipinski definition) is 1. The number of nitrogens with one attached hydrogen (secondary N) is 1. The fourth-order valence-electron chi connectivity index (χ4n) is 2.42. The number of anilines is 1. The fourth-order valence-corrected chi connectivity index (χ4v) is 2.59. The SMILES string of the molecule is CCc1ccc(NC(=O)Cn2cnc3ccc(Cl)cc3c2=O)cc1. The van der Waals surface area contributed by atoms with Gasteiger partial charge in [0.25, 0.3) is 5.56 Å². The lowest BCUT2D eigenvalue weighted by atomic mass is 10.1. The van der Waals surface area contributed by atoms with Crippen molar-refractivity contribution in [1.29, 1.82) is 0 Å². The molecular formula is C18H16ClN3O2. The number of nitrogens with zero attached hydrogens (tertiary/aromatic N) is 2. The van der Waals surface area contributed by atoms with Gasteiger partial charge in [0.1, 0.15) is 6.54 Å². The van der Waals surface area contributed by atoms with Crippen LogP contribution in [0.4, 0.5) is 5.69 Å². The second-order valence-corrected chi connectivity index (χ2v) is 5.87. The first-order valence-electron chi connectivity index (χ1n) is 7.60. The summed E-state index contributed by atoms with van der Waals surface area (Å²) >= 11 is 5.93. The molecule has 0 aliphatic carbocycles. The highest BCUT2D eigenvalue weighted by Gasteiger charge is 2.09. The maximum atomic E-state index is 12.4. The van der Waals surface area contributed by atoms with Crippen molar-refractivity contribution in [2.24, 2.45) is 0 Å². The van der Waals surface area contributed by atoms with Crippen molar-refractivity contribution in [2.45, 2.75) is 19.9 Å². The molecule has 0 spiro atoms. The first kappa shape index (κ1) is 16.2. The molecule has 6 heteroatoms. The Balaban J connectivity index is 1.79. The molecule has 0 aliphatic rings. The molecule has 5 nitrogen and oxygen atoms in total. The molecule has 0 aliphatic heterocycles. The number of carbonyl (C=O) groups excluding carboxylic acids is 1. The molecular weight excluding hydrogens is 326 g/mol. The number of rotatable bonds is 4. The zero-order chi connectivity index (χ0) is 17.1. The molecule has 2 aromatic carbocycles. The molecule has 1 N–H and O–H groups in total. The Morgan fingerprint density at radius 1 is 1.21 bits per heavy atom. The molecule has 1 heterocycles. The molecule has 1 amide bonds. The maximum absolute atomic E-state index is 12.4. The van der Waals surface area contributed by atoms with Crippen LogP contribution in [0.25, 0.3) is 10.9 Å². The molecule has 0 atom stereocenters. The number of carbonyl (C=O) groups is 1. The summed E-state index contributed by atoms with van der Waals surface area (Å²) in [6.45, 7) is 1.96. The van der Waals surface area contributed by atoms with Gasteiger partial charge in [0, 0.05) is 10.7 Å². The van der Waals surface area contributed by atoms with Gasteiger partial charge in [0.2, 0.25) is 5.91 Å². The second kappa shape index (κ2) is 6.84. The average Bonchev–Trinajstić information content (AvgIpc) is 2.58. The van der Waals surface area contributed by atoms with E-state index in [2.05, 4.69) is 17.2 Å². The first-order valence-corrected chi connectivity index (χ1v) is 7.98. The van der Waals surface area contributed by atoms with Crippen LogP contribution in [0.3, 0.4) is 0 Å².